The number of rotatable bonds is 3. The first-order valence-electron chi connectivity index (χ1n) is 8.08. The average molecular weight is 337 g/mol. The third-order valence-corrected chi connectivity index (χ3v) is 4.45. The summed E-state index contributed by atoms with van der Waals surface area (Å²) in [5.41, 5.74) is 1.03. The van der Waals surface area contributed by atoms with E-state index in [-0.39, 0.29) is 17.5 Å². The minimum absolute atomic E-state index is 0.0580. The highest BCUT2D eigenvalue weighted by atomic mass is 19.1. The van der Waals surface area contributed by atoms with E-state index < -0.39 is 5.82 Å². The Morgan fingerprint density at radius 2 is 2.04 bits per heavy atom. The van der Waals surface area contributed by atoms with Crippen LogP contribution in [0.25, 0.3) is 11.4 Å². The van der Waals surface area contributed by atoms with Crippen molar-refractivity contribution >= 4 is 5.91 Å². The summed E-state index contributed by atoms with van der Waals surface area (Å²) in [6, 6.07) is 11.3. The number of carbonyl (C=O) groups is 1. The summed E-state index contributed by atoms with van der Waals surface area (Å²) in [4.78, 5) is 17.9. The quantitative estimate of drug-likeness (QED) is 0.737. The fourth-order valence-electron chi connectivity index (χ4n) is 3.18. The third kappa shape index (κ3) is 2.88. The van der Waals surface area contributed by atoms with Gasteiger partial charge in [-0.1, -0.05) is 30.3 Å². The van der Waals surface area contributed by atoms with Crippen LogP contribution in [0.5, 0.6) is 0 Å². The van der Waals surface area contributed by atoms with Crippen molar-refractivity contribution in [1.29, 1.82) is 0 Å². The lowest BCUT2D eigenvalue weighted by atomic mass is 10.2. The average Bonchev–Trinajstić information content (AvgIpc) is 3.31. The van der Waals surface area contributed by atoms with Crippen LogP contribution in [0, 0.1) is 5.82 Å². The SMILES string of the molecule is O=C(c1ccncc1F)N1CCC(n2cnnc2-c2ccccc2)C1. The van der Waals surface area contributed by atoms with Crippen LogP contribution in [0.4, 0.5) is 4.39 Å². The fourth-order valence-corrected chi connectivity index (χ4v) is 3.18. The molecule has 1 fully saturated rings. The molecule has 2 aromatic heterocycles. The highest BCUT2D eigenvalue weighted by Crippen LogP contribution is 2.27. The number of hydrogen-bond acceptors (Lipinski definition) is 4. The van der Waals surface area contributed by atoms with Crippen LogP contribution >= 0.6 is 0 Å². The molecule has 0 saturated carbocycles. The number of amides is 1. The van der Waals surface area contributed by atoms with Gasteiger partial charge in [0.05, 0.1) is 17.8 Å². The number of halogens is 1. The number of benzene rings is 1. The molecule has 25 heavy (non-hydrogen) atoms. The van der Waals surface area contributed by atoms with Gasteiger partial charge in [-0.15, -0.1) is 10.2 Å². The number of carbonyl (C=O) groups excluding carboxylic acids is 1. The Kier molecular flexibility index (Phi) is 3.97. The summed E-state index contributed by atoms with van der Waals surface area (Å²) >= 11 is 0. The molecule has 0 spiro atoms. The molecule has 1 amide bonds. The van der Waals surface area contributed by atoms with Gasteiger partial charge in [-0.05, 0) is 12.5 Å². The fraction of sp³-hybridized carbons (Fsp3) is 0.222. The van der Waals surface area contributed by atoms with Gasteiger partial charge in [-0.3, -0.25) is 9.78 Å². The molecule has 4 rings (SSSR count). The maximum Gasteiger partial charge on any atom is 0.257 e. The summed E-state index contributed by atoms with van der Waals surface area (Å²) in [5.74, 6) is -0.128. The second kappa shape index (κ2) is 6.43. The van der Waals surface area contributed by atoms with E-state index in [0.717, 1.165) is 24.0 Å². The summed E-state index contributed by atoms with van der Waals surface area (Å²) in [6.45, 7) is 1.07. The van der Waals surface area contributed by atoms with Crippen molar-refractivity contribution in [2.24, 2.45) is 0 Å². The molecule has 1 unspecified atom stereocenters. The maximum absolute atomic E-state index is 13.8. The predicted molar refractivity (Wildman–Crippen MR) is 89.2 cm³/mol. The van der Waals surface area contributed by atoms with Crippen molar-refractivity contribution in [3.8, 4) is 11.4 Å². The van der Waals surface area contributed by atoms with Crippen LogP contribution in [0.1, 0.15) is 22.8 Å². The standard InChI is InChI=1S/C18H16FN5O/c19-16-10-20-8-6-15(16)18(25)23-9-7-14(11-23)24-12-21-22-17(24)13-4-2-1-3-5-13/h1-6,8,10,12,14H,7,9,11H2. The molecule has 0 aliphatic carbocycles. The highest BCUT2D eigenvalue weighted by molar-refractivity contribution is 5.94. The van der Waals surface area contributed by atoms with E-state index in [1.807, 2.05) is 34.9 Å². The summed E-state index contributed by atoms with van der Waals surface area (Å²) in [6.07, 6.45) is 4.95. The predicted octanol–water partition coefficient (Wildman–Crippen LogP) is 2.57. The van der Waals surface area contributed by atoms with E-state index >= 15 is 0 Å². The lowest BCUT2D eigenvalue weighted by Gasteiger charge is -2.18. The van der Waals surface area contributed by atoms with Crippen molar-refractivity contribution in [2.75, 3.05) is 13.1 Å². The van der Waals surface area contributed by atoms with Crippen molar-refractivity contribution in [1.82, 2.24) is 24.6 Å². The van der Waals surface area contributed by atoms with Gasteiger partial charge in [-0.2, -0.15) is 0 Å². The molecular weight excluding hydrogens is 321 g/mol. The molecule has 0 bridgehead atoms. The van der Waals surface area contributed by atoms with Crippen LogP contribution in [0.15, 0.2) is 55.1 Å². The smallest absolute Gasteiger partial charge is 0.257 e. The van der Waals surface area contributed by atoms with Gasteiger partial charge in [0, 0.05) is 24.8 Å². The van der Waals surface area contributed by atoms with Crippen molar-refractivity contribution < 1.29 is 9.18 Å². The Morgan fingerprint density at radius 3 is 2.84 bits per heavy atom. The van der Waals surface area contributed by atoms with Crippen molar-refractivity contribution in [3.63, 3.8) is 0 Å². The Bertz CT molecular complexity index is 895. The minimum atomic E-state index is -0.592. The van der Waals surface area contributed by atoms with Crippen LogP contribution < -0.4 is 0 Å². The van der Waals surface area contributed by atoms with E-state index in [1.165, 1.54) is 12.3 Å². The zero-order valence-electron chi connectivity index (χ0n) is 13.4. The molecule has 1 aromatic carbocycles. The molecule has 0 N–H and O–H groups in total. The molecule has 0 radical (unpaired) electrons. The number of likely N-dealkylation sites (tertiary alicyclic amines) is 1. The maximum atomic E-state index is 13.8. The normalized spacial score (nSPS) is 17.0. The Hall–Kier alpha value is -3.09. The first-order chi connectivity index (χ1) is 12.2. The van der Waals surface area contributed by atoms with Crippen LogP contribution in [0.2, 0.25) is 0 Å². The molecule has 3 heterocycles. The number of nitrogens with zero attached hydrogens (tertiary/aromatic N) is 5. The molecular formula is C18H16FN5O. The van der Waals surface area contributed by atoms with Gasteiger partial charge >= 0.3 is 0 Å². The third-order valence-electron chi connectivity index (χ3n) is 4.45. The largest absolute Gasteiger partial charge is 0.336 e. The van der Waals surface area contributed by atoms with Gasteiger partial charge < -0.3 is 9.47 Å². The minimum Gasteiger partial charge on any atom is -0.336 e. The monoisotopic (exact) mass is 337 g/mol. The van der Waals surface area contributed by atoms with Crippen molar-refractivity contribution in [3.05, 3.63) is 66.5 Å². The Morgan fingerprint density at radius 1 is 1.20 bits per heavy atom. The van der Waals surface area contributed by atoms with Crippen LogP contribution in [-0.4, -0.2) is 43.6 Å². The van der Waals surface area contributed by atoms with E-state index in [4.69, 9.17) is 0 Å². The lowest BCUT2D eigenvalue weighted by Crippen LogP contribution is -2.29. The Labute approximate surface area is 143 Å². The molecule has 1 aliphatic heterocycles. The molecule has 6 nitrogen and oxygen atoms in total. The topological polar surface area (TPSA) is 63.9 Å². The summed E-state index contributed by atoms with van der Waals surface area (Å²) in [5, 5.41) is 8.24. The second-order valence-corrected chi connectivity index (χ2v) is 5.98. The van der Waals surface area contributed by atoms with Gasteiger partial charge in [0.1, 0.15) is 6.33 Å². The Balaban J connectivity index is 1.55. The number of pyridine rings is 1. The van der Waals surface area contributed by atoms with E-state index in [1.54, 1.807) is 11.2 Å². The molecule has 7 heteroatoms. The number of hydrogen-bond donors (Lipinski definition) is 0. The highest BCUT2D eigenvalue weighted by Gasteiger charge is 2.30. The van der Waals surface area contributed by atoms with Gasteiger partial charge in [0.2, 0.25) is 0 Å². The summed E-state index contributed by atoms with van der Waals surface area (Å²) in [7, 11) is 0. The van der Waals surface area contributed by atoms with E-state index in [2.05, 4.69) is 15.2 Å². The molecule has 1 aliphatic rings. The zero-order chi connectivity index (χ0) is 17.2. The summed E-state index contributed by atoms with van der Waals surface area (Å²) < 4.78 is 15.8. The molecule has 3 aromatic rings. The zero-order valence-corrected chi connectivity index (χ0v) is 13.4. The van der Waals surface area contributed by atoms with E-state index in [0.29, 0.717) is 13.1 Å². The molecule has 1 saturated heterocycles. The van der Waals surface area contributed by atoms with Gasteiger partial charge in [-0.25, -0.2) is 4.39 Å². The van der Waals surface area contributed by atoms with Gasteiger partial charge in [0.15, 0.2) is 11.6 Å². The second-order valence-electron chi connectivity index (χ2n) is 5.98. The first kappa shape index (κ1) is 15.4. The van der Waals surface area contributed by atoms with Gasteiger partial charge in [0.25, 0.3) is 5.91 Å². The van der Waals surface area contributed by atoms with E-state index in [9.17, 15) is 9.18 Å². The molecule has 1 atom stereocenters. The molecule has 126 valence electrons. The first-order valence-corrected chi connectivity index (χ1v) is 8.08. The van der Waals surface area contributed by atoms with Crippen LogP contribution in [-0.2, 0) is 0 Å². The lowest BCUT2D eigenvalue weighted by molar-refractivity contribution is 0.0783. The van der Waals surface area contributed by atoms with Crippen molar-refractivity contribution in [2.45, 2.75) is 12.5 Å². The number of aromatic nitrogens is 4. The van der Waals surface area contributed by atoms with Crippen LogP contribution in [0.3, 0.4) is 0 Å².